The van der Waals surface area contributed by atoms with Crippen molar-refractivity contribution < 1.29 is 9.28 Å². The van der Waals surface area contributed by atoms with Gasteiger partial charge in [-0.15, -0.1) is 0 Å². The summed E-state index contributed by atoms with van der Waals surface area (Å²) in [4.78, 5) is 11.7. The fourth-order valence-electron chi connectivity index (χ4n) is 2.52. The molecule has 0 saturated carbocycles. The molecule has 0 aliphatic rings. The Morgan fingerprint density at radius 1 is 0.895 bits per heavy atom. The molecule has 1 atom stereocenters. The summed E-state index contributed by atoms with van der Waals surface area (Å²) < 4.78 is 1.21. The summed E-state index contributed by atoms with van der Waals surface area (Å²) in [5.41, 5.74) is 0. The zero-order chi connectivity index (χ0) is 14.6. The first-order chi connectivity index (χ1) is 9.14. The molecule has 0 saturated heterocycles. The van der Waals surface area contributed by atoms with Crippen LogP contribution in [0.3, 0.4) is 0 Å². The summed E-state index contributed by atoms with van der Waals surface area (Å²) in [6.45, 7) is 13.9. The van der Waals surface area contributed by atoms with Crippen LogP contribution in [-0.4, -0.2) is 41.5 Å². The minimum Gasteiger partial charge on any atom is -0.323 e. The van der Waals surface area contributed by atoms with Crippen LogP contribution in [0.2, 0.25) is 0 Å². The van der Waals surface area contributed by atoms with Gasteiger partial charge in [0.25, 0.3) is 0 Å². The molecule has 0 rings (SSSR count). The summed E-state index contributed by atoms with van der Waals surface area (Å²) in [7, 11) is 0. The molecule has 0 aromatic rings. The number of carbonyl (C=O) groups excluding carboxylic acids is 1. The maximum absolute atomic E-state index is 11.7. The Kier molecular flexibility index (Phi) is 11.8. The molecule has 0 fully saturated rings. The first kappa shape index (κ1) is 19.0. The summed E-state index contributed by atoms with van der Waals surface area (Å²) in [5, 5.41) is 0.392. The minimum atomic E-state index is 0.392. The summed E-state index contributed by atoms with van der Waals surface area (Å²) >= 11 is 1.56. The highest BCUT2D eigenvalue weighted by molar-refractivity contribution is 8.13. The molecule has 19 heavy (non-hydrogen) atoms. The van der Waals surface area contributed by atoms with Gasteiger partial charge in [-0.1, -0.05) is 45.4 Å². The van der Waals surface area contributed by atoms with Crippen molar-refractivity contribution in [2.75, 3.05) is 31.9 Å². The molecular weight excluding hydrogens is 254 g/mol. The third-order valence-electron chi connectivity index (χ3n) is 3.92. The van der Waals surface area contributed by atoms with E-state index in [1.807, 2.05) is 0 Å². The van der Waals surface area contributed by atoms with E-state index < -0.39 is 0 Å². The van der Waals surface area contributed by atoms with Crippen LogP contribution >= 0.6 is 11.8 Å². The van der Waals surface area contributed by atoms with Crippen LogP contribution in [0.15, 0.2) is 0 Å². The molecule has 0 spiro atoms. The van der Waals surface area contributed by atoms with Crippen molar-refractivity contribution in [3.8, 4) is 0 Å². The molecule has 0 aliphatic carbocycles. The lowest BCUT2D eigenvalue weighted by Crippen LogP contribution is -2.50. The maximum Gasteiger partial charge on any atom is 0.189 e. The van der Waals surface area contributed by atoms with Crippen LogP contribution in [-0.2, 0) is 4.79 Å². The molecule has 2 nitrogen and oxygen atoms in total. The van der Waals surface area contributed by atoms with Crippen molar-refractivity contribution in [2.45, 2.75) is 66.2 Å². The van der Waals surface area contributed by atoms with Crippen molar-refractivity contribution in [1.82, 2.24) is 0 Å². The van der Waals surface area contributed by atoms with Crippen molar-refractivity contribution in [2.24, 2.45) is 0 Å². The van der Waals surface area contributed by atoms with Gasteiger partial charge in [-0.05, 0) is 26.2 Å². The Morgan fingerprint density at radius 2 is 1.58 bits per heavy atom. The number of carbonyl (C=O) groups is 1. The number of hydrogen-bond donors (Lipinski definition) is 0. The molecule has 114 valence electrons. The third kappa shape index (κ3) is 8.69. The van der Waals surface area contributed by atoms with Crippen LogP contribution < -0.4 is 0 Å². The molecule has 0 aromatic carbocycles. The molecule has 0 amide bonds. The second kappa shape index (κ2) is 11.8. The van der Waals surface area contributed by atoms with Gasteiger partial charge in [-0.3, -0.25) is 4.79 Å². The standard InChI is InChI=1S/C16H34NOS/c1-5-9-11-16(18)19-15-14-17(8-4,12-7-3)13-10-6-2/h5-15H2,1-4H3/q+1. The van der Waals surface area contributed by atoms with Crippen molar-refractivity contribution in [3.63, 3.8) is 0 Å². The van der Waals surface area contributed by atoms with E-state index in [1.54, 1.807) is 11.8 Å². The minimum absolute atomic E-state index is 0.392. The Morgan fingerprint density at radius 3 is 2.11 bits per heavy atom. The van der Waals surface area contributed by atoms with Gasteiger partial charge in [0.1, 0.15) is 0 Å². The van der Waals surface area contributed by atoms with Gasteiger partial charge >= 0.3 is 0 Å². The molecule has 3 heteroatoms. The molecular formula is C16H34NOS+. The van der Waals surface area contributed by atoms with E-state index in [4.69, 9.17) is 0 Å². The SMILES string of the molecule is CCCCC(=O)SCC[N+](CC)(CCC)CCCC. The zero-order valence-corrected chi connectivity index (χ0v) is 14.4. The predicted molar refractivity (Wildman–Crippen MR) is 87.6 cm³/mol. The smallest absolute Gasteiger partial charge is 0.189 e. The number of quaternary nitrogens is 1. The fourth-order valence-corrected chi connectivity index (χ4v) is 3.52. The van der Waals surface area contributed by atoms with E-state index in [0.29, 0.717) is 5.12 Å². The van der Waals surface area contributed by atoms with Gasteiger partial charge in [0.15, 0.2) is 5.12 Å². The van der Waals surface area contributed by atoms with Gasteiger partial charge in [0.05, 0.1) is 31.9 Å². The van der Waals surface area contributed by atoms with Crippen molar-refractivity contribution in [1.29, 1.82) is 0 Å². The molecule has 0 N–H and O–H groups in total. The number of nitrogens with zero attached hydrogens (tertiary/aromatic N) is 1. The lowest BCUT2D eigenvalue weighted by molar-refractivity contribution is -0.924. The zero-order valence-electron chi connectivity index (χ0n) is 13.5. The fraction of sp³-hybridized carbons (Fsp3) is 0.938. The number of rotatable bonds is 12. The summed E-state index contributed by atoms with van der Waals surface area (Å²) in [6.07, 6.45) is 6.74. The first-order valence-corrected chi connectivity index (χ1v) is 9.13. The van der Waals surface area contributed by atoms with E-state index in [1.165, 1.54) is 43.4 Å². The second-order valence-electron chi connectivity index (χ2n) is 5.51. The number of hydrogen-bond acceptors (Lipinski definition) is 2. The predicted octanol–water partition coefficient (Wildman–Crippen LogP) is 4.48. The van der Waals surface area contributed by atoms with E-state index in [2.05, 4.69) is 27.7 Å². The normalized spacial score (nSPS) is 14.3. The molecule has 0 aliphatic heterocycles. The largest absolute Gasteiger partial charge is 0.323 e. The highest BCUT2D eigenvalue weighted by Crippen LogP contribution is 2.15. The van der Waals surface area contributed by atoms with E-state index in [-0.39, 0.29) is 0 Å². The van der Waals surface area contributed by atoms with Crippen LogP contribution in [0, 0.1) is 0 Å². The molecule has 1 unspecified atom stereocenters. The number of thioether (sulfide) groups is 1. The van der Waals surface area contributed by atoms with Crippen LogP contribution in [0.1, 0.15) is 66.2 Å². The van der Waals surface area contributed by atoms with Gasteiger partial charge in [-0.25, -0.2) is 0 Å². The Labute approximate surface area is 124 Å². The summed E-state index contributed by atoms with van der Waals surface area (Å²) in [6, 6.07) is 0. The Bertz CT molecular complexity index is 233. The average molecular weight is 289 g/mol. The second-order valence-corrected chi connectivity index (χ2v) is 6.66. The number of unbranched alkanes of at least 4 members (excludes halogenated alkanes) is 2. The Balaban J connectivity index is 4.13. The van der Waals surface area contributed by atoms with Crippen molar-refractivity contribution >= 4 is 16.9 Å². The van der Waals surface area contributed by atoms with Crippen LogP contribution in [0.25, 0.3) is 0 Å². The Hall–Kier alpha value is -0.0200. The van der Waals surface area contributed by atoms with Gasteiger partial charge in [0, 0.05) is 6.42 Å². The third-order valence-corrected chi connectivity index (χ3v) is 4.83. The van der Waals surface area contributed by atoms with Gasteiger partial charge < -0.3 is 4.48 Å². The van der Waals surface area contributed by atoms with E-state index in [9.17, 15) is 4.79 Å². The first-order valence-electron chi connectivity index (χ1n) is 8.14. The van der Waals surface area contributed by atoms with Crippen LogP contribution in [0.4, 0.5) is 0 Å². The molecule has 0 heterocycles. The van der Waals surface area contributed by atoms with Gasteiger partial charge in [-0.2, -0.15) is 0 Å². The van der Waals surface area contributed by atoms with Crippen molar-refractivity contribution in [3.05, 3.63) is 0 Å². The average Bonchev–Trinajstić information content (AvgIpc) is 2.42. The lowest BCUT2D eigenvalue weighted by Gasteiger charge is -2.37. The molecule has 0 radical (unpaired) electrons. The highest BCUT2D eigenvalue weighted by atomic mass is 32.2. The summed E-state index contributed by atoms with van der Waals surface area (Å²) in [5.74, 6) is 1.00. The molecule has 0 aromatic heterocycles. The van der Waals surface area contributed by atoms with Gasteiger partial charge in [0.2, 0.25) is 0 Å². The monoisotopic (exact) mass is 288 g/mol. The van der Waals surface area contributed by atoms with E-state index in [0.717, 1.165) is 31.6 Å². The quantitative estimate of drug-likeness (QED) is 0.492. The maximum atomic E-state index is 11.7. The lowest BCUT2D eigenvalue weighted by atomic mass is 10.2. The topological polar surface area (TPSA) is 17.1 Å². The van der Waals surface area contributed by atoms with E-state index >= 15 is 0 Å². The molecule has 0 bridgehead atoms. The highest BCUT2D eigenvalue weighted by Gasteiger charge is 2.23. The van der Waals surface area contributed by atoms with Crippen LogP contribution in [0.5, 0.6) is 0 Å².